The van der Waals surface area contributed by atoms with Gasteiger partial charge in [-0.2, -0.15) is 5.10 Å². The fraction of sp³-hybridized carbons (Fsp3) is 0.571. The van der Waals surface area contributed by atoms with Crippen LogP contribution in [0.5, 0.6) is 0 Å². The Labute approximate surface area is 118 Å². The number of hydrazone groups is 1. The van der Waals surface area contributed by atoms with Gasteiger partial charge in [0, 0.05) is 30.1 Å². The molecule has 0 unspecified atom stereocenters. The largest absolute Gasteiger partial charge is 0.452 e. The highest BCUT2D eigenvalue weighted by Gasteiger charge is 2.18. The maximum absolute atomic E-state index is 10.9. The first-order chi connectivity index (χ1) is 9.61. The molecule has 0 aromatic carbocycles. The monoisotopic (exact) mass is 279 g/mol. The van der Waals surface area contributed by atoms with Crippen LogP contribution in [0, 0.1) is 13.8 Å². The van der Waals surface area contributed by atoms with Crippen LogP contribution in [0.4, 0.5) is 4.79 Å². The van der Waals surface area contributed by atoms with Crippen molar-refractivity contribution in [2.24, 2.45) is 5.10 Å². The lowest BCUT2D eigenvalue weighted by Gasteiger charge is -2.14. The molecule has 0 saturated carbocycles. The van der Waals surface area contributed by atoms with Gasteiger partial charge in [0.15, 0.2) is 0 Å². The van der Waals surface area contributed by atoms with Crippen molar-refractivity contribution in [3.63, 3.8) is 0 Å². The lowest BCUT2D eigenvalue weighted by Crippen LogP contribution is -2.17. The molecule has 20 heavy (non-hydrogen) atoms. The van der Waals surface area contributed by atoms with Crippen LogP contribution in [0.15, 0.2) is 11.2 Å². The number of aromatic nitrogens is 1. The van der Waals surface area contributed by atoms with E-state index in [1.54, 1.807) is 6.21 Å². The van der Waals surface area contributed by atoms with Crippen LogP contribution in [0.25, 0.3) is 0 Å². The van der Waals surface area contributed by atoms with E-state index in [4.69, 9.17) is 4.74 Å². The number of aryl methyl sites for hydroxylation is 1. The van der Waals surface area contributed by atoms with E-state index in [1.165, 1.54) is 7.11 Å². The number of nitrogens with zero attached hydrogens (tertiary/aromatic N) is 2. The van der Waals surface area contributed by atoms with Crippen LogP contribution in [0.2, 0.25) is 0 Å². The molecule has 1 atom stereocenters. The molecule has 0 spiro atoms. The molecule has 1 N–H and O–H groups in total. The SMILES string of the molecule is COC(=O)N/N=C\c1cc(C)n(C[C@H]2CCCO2)c1C. The Morgan fingerprint density at radius 2 is 2.45 bits per heavy atom. The predicted octanol–water partition coefficient (Wildman–Crippen LogP) is 1.97. The van der Waals surface area contributed by atoms with Crippen molar-refractivity contribution in [1.82, 2.24) is 9.99 Å². The minimum atomic E-state index is -0.575. The fourth-order valence-electron chi connectivity index (χ4n) is 2.43. The van der Waals surface area contributed by atoms with Crippen molar-refractivity contribution in [1.29, 1.82) is 0 Å². The Kier molecular flexibility index (Phi) is 4.79. The molecule has 1 saturated heterocycles. The molecule has 1 aliphatic rings. The van der Waals surface area contributed by atoms with E-state index in [0.29, 0.717) is 6.10 Å². The third-order valence-corrected chi connectivity index (χ3v) is 3.57. The van der Waals surface area contributed by atoms with Gasteiger partial charge in [-0.05, 0) is 32.8 Å². The summed E-state index contributed by atoms with van der Waals surface area (Å²) in [5.74, 6) is 0. The molecule has 2 rings (SSSR count). The maximum atomic E-state index is 10.9. The molecule has 1 amide bonds. The van der Waals surface area contributed by atoms with Crippen LogP contribution in [0.1, 0.15) is 29.8 Å². The molecule has 1 aromatic rings. The Bertz CT molecular complexity index is 502. The molecule has 1 aliphatic heterocycles. The molecular formula is C14H21N3O3. The number of hydrogen-bond donors (Lipinski definition) is 1. The molecule has 0 radical (unpaired) electrons. The maximum Gasteiger partial charge on any atom is 0.427 e. The summed E-state index contributed by atoms with van der Waals surface area (Å²) >= 11 is 0. The normalized spacial score (nSPS) is 18.6. The molecule has 0 bridgehead atoms. The molecule has 0 aliphatic carbocycles. The van der Waals surface area contributed by atoms with Crippen LogP contribution in [0.3, 0.4) is 0 Å². The van der Waals surface area contributed by atoms with Gasteiger partial charge >= 0.3 is 6.09 Å². The third-order valence-electron chi connectivity index (χ3n) is 3.57. The fourth-order valence-corrected chi connectivity index (χ4v) is 2.43. The van der Waals surface area contributed by atoms with Gasteiger partial charge in [-0.3, -0.25) is 0 Å². The molecule has 1 aromatic heterocycles. The Morgan fingerprint density at radius 3 is 3.10 bits per heavy atom. The van der Waals surface area contributed by atoms with E-state index >= 15 is 0 Å². The van der Waals surface area contributed by atoms with Crippen molar-refractivity contribution >= 4 is 12.3 Å². The first kappa shape index (κ1) is 14.6. The molecule has 1 fully saturated rings. The summed E-state index contributed by atoms with van der Waals surface area (Å²) < 4.78 is 12.4. The molecule has 2 heterocycles. The number of amides is 1. The zero-order valence-electron chi connectivity index (χ0n) is 12.2. The minimum absolute atomic E-state index is 0.304. The van der Waals surface area contributed by atoms with Crippen LogP contribution in [-0.4, -0.2) is 36.7 Å². The van der Waals surface area contributed by atoms with E-state index in [2.05, 4.69) is 26.8 Å². The predicted molar refractivity (Wildman–Crippen MR) is 76.0 cm³/mol. The highest BCUT2D eigenvalue weighted by atomic mass is 16.5. The molecule has 6 heteroatoms. The van der Waals surface area contributed by atoms with E-state index in [-0.39, 0.29) is 0 Å². The van der Waals surface area contributed by atoms with Crippen molar-refractivity contribution in [2.75, 3.05) is 13.7 Å². The van der Waals surface area contributed by atoms with Crippen molar-refractivity contribution in [2.45, 2.75) is 39.3 Å². The summed E-state index contributed by atoms with van der Waals surface area (Å²) in [7, 11) is 1.30. The highest BCUT2D eigenvalue weighted by molar-refractivity contribution is 5.82. The van der Waals surface area contributed by atoms with Crippen LogP contribution < -0.4 is 5.43 Å². The van der Waals surface area contributed by atoms with Crippen molar-refractivity contribution in [3.8, 4) is 0 Å². The summed E-state index contributed by atoms with van der Waals surface area (Å²) in [5, 5.41) is 3.87. The lowest BCUT2D eigenvalue weighted by molar-refractivity contribution is 0.0962. The average molecular weight is 279 g/mol. The van der Waals surface area contributed by atoms with Gasteiger partial charge in [0.1, 0.15) is 0 Å². The molecule has 6 nitrogen and oxygen atoms in total. The van der Waals surface area contributed by atoms with Crippen molar-refractivity contribution < 1.29 is 14.3 Å². The smallest absolute Gasteiger partial charge is 0.427 e. The number of methoxy groups -OCH3 is 1. The first-order valence-electron chi connectivity index (χ1n) is 6.77. The Balaban J connectivity index is 2.05. The van der Waals surface area contributed by atoms with E-state index in [0.717, 1.165) is 42.9 Å². The highest BCUT2D eigenvalue weighted by Crippen LogP contribution is 2.19. The quantitative estimate of drug-likeness (QED) is 0.677. The van der Waals surface area contributed by atoms with Crippen molar-refractivity contribution in [3.05, 3.63) is 23.0 Å². The number of nitrogens with one attached hydrogen (secondary N) is 1. The topological polar surface area (TPSA) is 64.8 Å². The second-order valence-electron chi connectivity index (χ2n) is 4.93. The van der Waals surface area contributed by atoms with E-state index in [9.17, 15) is 4.79 Å². The third kappa shape index (κ3) is 3.39. The number of carbonyl (C=O) groups excluding carboxylic acids is 1. The zero-order valence-corrected chi connectivity index (χ0v) is 12.2. The molecule has 110 valence electrons. The van der Waals surface area contributed by atoms with E-state index in [1.807, 2.05) is 13.0 Å². The Morgan fingerprint density at radius 1 is 1.65 bits per heavy atom. The van der Waals surface area contributed by atoms with Gasteiger partial charge in [-0.15, -0.1) is 0 Å². The first-order valence-corrected chi connectivity index (χ1v) is 6.77. The van der Waals surface area contributed by atoms with Gasteiger partial charge in [0.25, 0.3) is 0 Å². The Hall–Kier alpha value is -1.82. The second kappa shape index (κ2) is 6.56. The number of rotatable bonds is 4. The van der Waals surface area contributed by atoms with Gasteiger partial charge in [-0.25, -0.2) is 10.2 Å². The zero-order chi connectivity index (χ0) is 14.5. The standard InChI is InChI=1S/C14H21N3O3/c1-10-7-12(8-15-16-14(18)19-3)11(2)17(10)9-13-5-4-6-20-13/h7-8,13H,4-6,9H2,1-3H3,(H,16,18)/b15-8-/t13-/m1/s1. The van der Waals surface area contributed by atoms with Crippen LogP contribution in [-0.2, 0) is 16.0 Å². The minimum Gasteiger partial charge on any atom is -0.452 e. The van der Waals surface area contributed by atoms with Gasteiger partial charge < -0.3 is 14.0 Å². The summed E-state index contributed by atoms with van der Waals surface area (Å²) in [6.07, 6.45) is 3.61. The summed E-state index contributed by atoms with van der Waals surface area (Å²) in [6.45, 7) is 5.84. The number of carbonyl (C=O) groups is 1. The summed E-state index contributed by atoms with van der Waals surface area (Å²) in [6, 6.07) is 2.05. The summed E-state index contributed by atoms with van der Waals surface area (Å²) in [4.78, 5) is 10.9. The van der Waals surface area contributed by atoms with Gasteiger partial charge in [0.2, 0.25) is 0 Å². The van der Waals surface area contributed by atoms with E-state index < -0.39 is 6.09 Å². The second-order valence-corrected chi connectivity index (χ2v) is 4.93. The summed E-state index contributed by atoms with van der Waals surface area (Å²) in [5.41, 5.74) is 5.55. The van der Waals surface area contributed by atoms with Gasteiger partial charge in [-0.1, -0.05) is 0 Å². The number of hydrogen-bond acceptors (Lipinski definition) is 4. The average Bonchev–Trinajstić information content (AvgIpc) is 3.03. The van der Waals surface area contributed by atoms with Crippen LogP contribution >= 0.6 is 0 Å². The number of ether oxygens (including phenoxy) is 2. The molecular weight excluding hydrogens is 258 g/mol. The van der Waals surface area contributed by atoms with Gasteiger partial charge in [0.05, 0.1) is 19.4 Å². The lowest BCUT2D eigenvalue weighted by atomic mass is 10.2.